The summed E-state index contributed by atoms with van der Waals surface area (Å²) in [4.78, 5) is 36.4. The molecule has 6 heteroatoms. The van der Waals surface area contributed by atoms with Crippen molar-refractivity contribution >= 4 is 23.5 Å². The number of nitrogens with zero attached hydrogens (tertiary/aromatic N) is 1. The molecule has 2 amide bonds. The SMILES string of the molecule is CC(=O)N(c1cccc(C)c1)C(C(=O)NCC(=O)O)C(C)C. The fraction of sp³-hybridized carbons (Fsp3) is 0.438. The minimum Gasteiger partial charge on any atom is -0.480 e. The zero-order chi connectivity index (χ0) is 16.9. The molecule has 0 heterocycles. The topological polar surface area (TPSA) is 86.7 Å². The van der Waals surface area contributed by atoms with Crippen LogP contribution in [0, 0.1) is 12.8 Å². The third-order valence-electron chi connectivity index (χ3n) is 3.21. The Bertz CT molecular complexity index is 569. The van der Waals surface area contributed by atoms with Crippen LogP contribution in [0.1, 0.15) is 26.3 Å². The molecule has 1 unspecified atom stereocenters. The maximum Gasteiger partial charge on any atom is 0.322 e. The number of carboxylic acid groups (broad SMARTS) is 1. The van der Waals surface area contributed by atoms with E-state index in [0.717, 1.165) is 5.56 Å². The van der Waals surface area contributed by atoms with Crippen LogP contribution in [0.5, 0.6) is 0 Å². The average molecular weight is 306 g/mol. The molecule has 0 spiro atoms. The van der Waals surface area contributed by atoms with Crippen LogP contribution >= 0.6 is 0 Å². The molecule has 0 aromatic heterocycles. The van der Waals surface area contributed by atoms with Crippen molar-refractivity contribution in [2.45, 2.75) is 33.7 Å². The molecule has 1 aromatic carbocycles. The summed E-state index contributed by atoms with van der Waals surface area (Å²) in [5.74, 6) is -2.04. The lowest BCUT2D eigenvalue weighted by molar-refractivity contribution is -0.138. The third-order valence-corrected chi connectivity index (χ3v) is 3.21. The summed E-state index contributed by atoms with van der Waals surface area (Å²) in [5.41, 5.74) is 1.59. The number of aryl methyl sites for hydroxylation is 1. The van der Waals surface area contributed by atoms with Gasteiger partial charge in [0.1, 0.15) is 12.6 Å². The molecule has 0 saturated carbocycles. The molecule has 0 aliphatic rings. The zero-order valence-electron chi connectivity index (χ0n) is 13.3. The minimum atomic E-state index is -1.12. The first kappa shape index (κ1) is 17.7. The van der Waals surface area contributed by atoms with E-state index in [1.165, 1.54) is 11.8 Å². The van der Waals surface area contributed by atoms with Crippen molar-refractivity contribution in [1.82, 2.24) is 5.32 Å². The van der Waals surface area contributed by atoms with Gasteiger partial charge in [0.25, 0.3) is 0 Å². The standard InChI is InChI=1S/C16H22N2O4/c1-10(2)15(16(22)17-9-14(20)21)18(12(4)19)13-7-5-6-11(3)8-13/h5-8,10,15H,9H2,1-4H3,(H,17,22)(H,20,21). The van der Waals surface area contributed by atoms with Crippen LogP contribution in [0.4, 0.5) is 5.69 Å². The molecule has 22 heavy (non-hydrogen) atoms. The van der Waals surface area contributed by atoms with Crippen molar-refractivity contribution in [3.63, 3.8) is 0 Å². The Morgan fingerprint density at radius 2 is 1.91 bits per heavy atom. The number of anilines is 1. The van der Waals surface area contributed by atoms with E-state index in [0.29, 0.717) is 5.69 Å². The average Bonchev–Trinajstić information content (AvgIpc) is 2.41. The van der Waals surface area contributed by atoms with Crippen molar-refractivity contribution in [3.8, 4) is 0 Å². The van der Waals surface area contributed by atoms with Gasteiger partial charge in [-0.3, -0.25) is 19.3 Å². The van der Waals surface area contributed by atoms with Crippen molar-refractivity contribution < 1.29 is 19.5 Å². The predicted octanol–water partition coefficient (Wildman–Crippen LogP) is 1.57. The van der Waals surface area contributed by atoms with Gasteiger partial charge in [-0.05, 0) is 30.5 Å². The second-order valence-corrected chi connectivity index (χ2v) is 5.53. The number of nitrogens with one attached hydrogen (secondary N) is 1. The van der Waals surface area contributed by atoms with Crippen LogP contribution < -0.4 is 10.2 Å². The van der Waals surface area contributed by atoms with Gasteiger partial charge in [0, 0.05) is 12.6 Å². The number of benzene rings is 1. The lowest BCUT2D eigenvalue weighted by Crippen LogP contribution is -2.52. The van der Waals surface area contributed by atoms with E-state index in [1.807, 2.05) is 39.0 Å². The number of carboxylic acids is 1. The molecule has 1 rings (SSSR count). The number of hydrogen-bond donors (Lipinski definition) is 2. The van der Waals surface area contributed by atoms with Crippen molar-refractivity contribution in [1.29, 1.82) is 0 Å². The molecular formula is C16H22N2O4. The number of amides is 2. The summed E-state index contributed by atoms with van der Waals surface area (Å²) in [6.45, 7) is 6.45. The van der Waals surface area contributed by atoms with Crippen LogP contribution in [0.3, 0.4) is 0 Å². The van der Waals surface area contributed by atoms with E-state index >= 15 is 0 Å². The van der Waals surface area contributed by atoms with Crippen molar-refractivity contribution in [3.05, 3.63) is 29.8 Å². The first-order valence-corrected chi connectivity index (χ1v) is 7.10. The van der Waals surface area contributed by atoms with Gasteiger partial charge in [-0.15, -0.1) is 0 Å². The molecule has 1 atom stereocenters. The molecule has 0 fully saturated rings. The van der Waals surface area contributed by atoms with E-state index < -0.39 is 24.5 Å². The van der Waals surface area contributed by atoms with Gasteiger partial charge >= 0.3 is 5.97 Å². The summed E-state index contributed by atoms with van der Waals surface area (Å²) >= 11 is 0. The van der Waals surface area contributed by atoms with Gasteiger partial charge in [-0.2, -0.15) is 0 Å². The summed E-state index contributed by atoms with van der Waals surface area (Å²) in [7, 11) is 0. The molecule has 6 nitrogen and oxygen atoms in total. The van der Waals surface area contributed by atoms with E-state index in [2.05, 4.69) is 5.32 Å². The summed E-state index contributed by atoms with van der Waals surface area (Å²) < 4.78 is 0. The van der Waals surface area contributed by atoms with Gasteiger partial charge in [-0.25, -0.2) is 0 Å². The number of carbonyl (C=O) groups excluding carboxylic acids is 2. The molecule has 0 bridgehead atoms. The highest BCUT2D eigenvalue weighted by Gasteiger charge is 2.32. The number of carbonyl (C=O) groups is 3. The fourth-order valence-corrected chi connectivity index (χ4v) is 2.30. The maximum absolute atomic E-state index is 12.3. The van der Waals surface area contributed by atoms with E-state index in [1.54, 1.807) is 6.07 Å². The second kappa shape index (κ2) is 7.59. The molecular weight excluding hydrogens is 284 g/mol. The fourth-order valence-electron chi connectivity index (χ4n) is 2.30. The van der Waals surface area contributed by atoms with Gasteiger partial charge in [-0.1, -0.05) is 26.0 Å². The first-order chi connectivity index (χ1) is 10.2. The van der Waals surface area contributed by atoms with Gasteiger partial charge in [0.15, 0.2) is 0 Å². The number of hydrogen-bond acceptors (Lipinski definition) is 3. The Morgan fingerprint density at radius 3 is 2.36 bits per heavy atom. The van der Waals surface area contributed by atoms with Crippen molar-refractivity contribution in [2.75, 3.05) is 11.4 Å². The molecule has 1 aromatic rings. The van der Waals surface area contributed by atoms with Gasteiger partial charge in [0.05, 0.1) is 0 Å². The first-order valence-electron chi connectivity index (χ1n) is 7.10. The van der Waals surface area contributed by atoms with Gasteiger partial charge in [0.2, 0.25) is 11.8 Å². The molecule has 120 valence electrons. The van der Waals surface area contributed by atoms with Crippen LogP contribution in [-0.2, 0) is 14.4 Å². The summed E-state index contributed by atoms with van der Waals surface area (Å²) in [6, 6.07) is 6.53. The number of rotatable bonds is 6. The summed E-state index contributed by atoms with van der Waals surface area (Å²) in [6.07, 6.45) is 0. The smallest absolute Gasteiger partial charge is 0.322 e. The minimum absolute atomic E-state index is 0.168. The van der Waals surface area contributed by atoms with E-state index in [9.17, 15) is 14.4 Å². The summed E-state index contributed by atoms with van der Waals surface area (Å²) in [5, 5.41) is 11.0. The highest BCUT2D eigenvalue weighted by molar-refractivity contribution is 6.00. The zero-order valence-corrected chi connectivity index (χ0v) is 13.3. The highest BCUT2D eigenvalue weighted by Crippen LogP contribution is 2.22. The molecule has 0 saturated heterocycles. The lowest BCUT2D eigenvalue weighted by Gasteiger charge is -2.32. The predicted molar refractivity (Wildman–Crippen MR) is 83.6 cm³/mol. The monoisotopic (exact) mass is 306 g/mol. The van der Waals surface area contributed by atoms with E-state index in [4.69, 9.17) is 5.11 Å². The molecule has 0 aliphatic heterocycles. The molecule has 2 N–H and O–H groups in total. The number of aliphatic carboxylic acids is 1. The van der Waals surface area contributed by atoms with E-state index in [-0.39, 0.29) is 11.8 Å². The Morgan fingerprint density at radius 1 is 1.27 bits per heavy atom. The Balaban J connectivity index is 3.15. The Kier molecular flexibility index (Phi) is 6.10. The highest BCUT2D eigenvalue weighted by atomic mass is 16.4. The van der Waals surface area contributed by atoms with Crippen LogP contribution in [0.2, 0.25) is 0 Å². The third kappa shape index (κ3) is 4.58. The second-order valence-electron chi connectivity index (χ2n) is 5.53. The lowest BCUT2D eigenvalue weighted by atomic mass is 10.00. The largest absolute Gasteiger partial charge is 0.480 e. The van der Waals surface area contributed by atoms with Crippen molar-refractivity contribution in [2.24, 2.45) is 5.92 Å². The molecule has 0 aliphatic carbocycles. The van der Waals surface area contributed by atoms with Gasteiger partial charge < -0.3 is 10.4 Å². The Labute approximate surface area is 130 Å². The van der Waals surface area contributed by atoms with Crippen LogP contribution in [-0.4, -0.2) is 35.5 Å². The maximum atomic E-state index is 12.3. The molecule has 0 radical (unpaired) electrons. The normalized spacial score (nSPS) is 11.9. The quantitative estimate of drug-likeness (QED) is 0.835. The van der Waals surface area contributed by atoms with Crippen LogP contribution in [0.25, 0.3) is 0 Å². The van der Waals surface area contributed by atoms with Crippen LogP contribution in [0.15, 0.2) is 24.3 Å². The Hall–Kier alpha value is -2.37.